The van der Waals surface area contributed by atoms with Gasteiger partial charge in [-0.1, -0.05) is 68.8 Å². The number of thiophene rings is 1. The lowest BCUT2D eigenvalue weighted by molar-refractivity contribution is 0.102. The molecule has 216 valence electrons. The number of nitriles is 1. The Labute approximate surface area is 261 Å². The number of carbonyl (C=O) groups excluding carboxylic acids is 1. The van der Waals surface area contributed by atoms with E-state index in [-0.39, 0.29) is 11.3 Å². The number of hydrogen-bond donors (Lipinski definition) is 1. The molecule has 6 rings (SSSR count). The van der Waals surface area contributed by atoms with Crippen molar-refractivity contribution >= 4 is 56.7 Å². The molecule has 0 fully saturated rings. The van der Waals surface area contributed by atoms with Crippen molar-refractivity contribution in [2.24, 2.45) is 16.3 Å². The molecule has 3 aromatic carbocycles. The number of fused-ring (bicyclic) bond motifs is 2. The van der Waals surface area contributed by atoms with Crippen LogP contribution < -0.4 is 5.32 Å². The fraction of sp³-hybridized carbons (Fsp3) is 0.250. The SMILES string of the molecule is CC(C)(C)[C@@H]1CCc2c(sc(N=Cc3cn(Cc4ccccc4C#N)c4ccccc34)c2C(=O)Nc2ccc(Cl)cc2)C1. The highest BCUT2D eigenvalue weighted by atomic mass is 35.5. The Morgan fingerprint density at radius 2 is 1.86 bits per heavy atom. The van der Waals surface area contributed by atoms with Crippen LogP contribution in [0.4, 0.5) is 10.7 Å². The Hall–Kier alpha value is -4.18. The van der Waals surface area contributed by atoms with Gasteiger partial charge in [-0.05, 0) is 78.1 Å². The summed E-state index contributed by atoms with van der Waals surface area (Å²) in [6.45, 7) is 7.48. The number of amides is 1. The molecule has 5 nitrogen and oxygen atoms in total. The normalized spacial score (nSPS) is 15.0. The first-order valence-corrected chi connectivity index (χ1v) is 15.7. The van der Waals surface area contributed by atoms with Crippen LogP contribution in [0.15, 0.2) is 84.0 Å². The van der Waals surface area contributed by atoms with Gasteiger partial charge in [0.05, 0.1) is 17.2 Å². The Morgan fingerprint density at radius 3 is 2.63 bits per heavy atom. The zero-order valence-electron chi connectivity index (χ0n) is 24.5. The van der Waals surface area contributed by atoms with Gasteiger partial charge in [0.15, 0.2) is 0 Å². The second-order valence-corrected chi connectivity index (χ2v) is 13.7. The van der Waals surface area contributed by atoms with E-state index in [1.165, 1.54) is 4.88 Å². The zero-order chi connectivity index (χ0) is 30.1. The molecule has 0 saturated carbocycles. The van der Waals surface area contributed by atoms with Crippen LogP contribution in [0.1, 0.15) is 64.7 Å². The Balaban J connectivity index is 1.38. The molecule has 1 N–H and O–H groups in total. The number of benzene rings is 3. The average molecular weight is 605 g/mol. The van der Waals surface area contributed by atoms with E-state index in [4.69, 9.17) is 16.6 Å². The fourth-order valence-corrected chi connectivity index (χ4v) is 7.35. The van der Waals surface area contributed by atoms with Gasteiger partial charge >= 0.3 is 0 Å². The van der Waals surface area contributed by atoms with Gasteiger partial charge in [-0.2, -0.15) is 5.26 Å². The summed E-state index contributed by atoms with van der Waals surface area (Å²) in [5.74, 6) is 0.411. The number of hydrogen-bond acceptors (Lipinski definition) is 4. The average Bonchev–Trinajstić information content (AvgIpc) is 3.54. The number of nitrogens with one attached hydrogen (secondary N) is 1. The molecule has 0 bridgehead atoms. The van der Waals surface area contributed by atoms with Crippen LogP contribution in [0, 0.1) is 22.7 Å². The number of aromatic nitrogens is 1. The predicted molar refractivity (Wildman–Crippen MR) is 178 cm³/mol. The second kappa shape index (κ2) is 11.8. The summed E-state index contributed by atoms with van der Waals surface area (Å²) in [5.41, 5.74) is 6.37. The fourth-order valence-electron chi connectivity index (χ4n) is 5.95. The number of carbonyl (C=O) groups is 1. The number of rotatable bonds is 6. The summed E-state index contributed by atoms with van der Waals surface area (Å²) in [4.78, 5) is 20.0. The van der Waals surface area contributed by atoms with Crippen molar-refractivity contribution in [3.63, 3.8) is 0 Å². The van der Waals surface area contributed by atoms with E-state index in [1.54, 1.807) is 23.5 Å². The van der Waals surface area contributed by atoms with E-state index in [9.17, 15) is 10.1 Å². The third-order valence-corrected chi connectivity index (χ3v) is 9.83. The van der Waals surface area contributed by atoms with Crippen molar-refractivity contribution in [2.75, 3.05) is 5.32 Å². The molecule has 43 heavy (non-hydrogen) atoms. The number of halogens is 1. The quantitative estimate of drug-likeness (QED) is 0.196. The lowest BCUT2D eigenvalue weighted by atomic mass is 9.72. The van der Waals surface area contributed by atoms with Gasteiger partial charge in [0.2, 0.25) is 0 Å². The van der Waals surface area contributed by atoms with Crippen LogP contribution >= 0.6 is 22.9 Å². The van der Waals surface area contributed by atoms with E-state index >= 15 is 0 Å². The van der Waals surface area contributed by atoms with Crippen LogP contribution in [-0.4, -0.2) is 16.7 Å². The van der Waals surface area contributed by atoms with Crippen LogP contribution in [0.3, 0.4) is 0 Å². The molecule has 0 unspecified atom stereocenters. The van der Waals surface area contributed by atoms with Crippen LogP contribution in [-0.2, 0) is 19.4 Å². The van der Waals surface area contributed by atoms with E-state index in [1.807, 2.05) is 54.7 Å². The van der Waals surface area contributed by atoms with Crippen LogP contribution in [0.5, 0.6) is 0 Å². The molecule has 1 aliphatic carbocycles. The topological polar surface area (TPSA) is 70.2 Å². The summed E-state index contributed by atoms with van der Waals surface area (Å²) < 4.78 is 2.16. The molecule has 2 aromatic heterocycles. The Bertz CT molecular complexity index is 1890. The minimum absolute atomic E-state index is 0.142. The van der Waals surface area contributed by atoms with Gasteiger partial charge in [-0.3, -0.25) is 4.79 Å². The van der Waals surface area contributed by atoms with E-state index < -0.39 is 0 Å². The maximum Gasteiger partial charge on any atom is 0.259 e. The summed E-state index contributed by atoms with van der Waals surface area (Å²) in [7, 11) is 0. The summed E-state index contributed by atoms with van der Waals surface area (Å²) in [6.07, 6.45) is 6.84. The standard InChI is InChI=1S/C36H33ClN4OS/c1-36(2,3)26-12-17-30-32(18-26)43-35(33(30)34(42)40-28-15-13-27(37)14-16-28)39-20-25-22-41(31-11-7-6-10-29(25)31)21-24-9-5-4-8-23(24)19-38/h4-11,13-16,20,22,26H,12,17-18,21H2,1-3H3,(H,40,42)/t26-/m1/s1. The van der Waals surface area contributed by atoms with Crippen molar-refractivity contribution in [3.05, 3.63) is 117 Å². The highest BCUT2D eigenvalue weighted by Gasteiger charge is 2.33. The van der Waals surface area contributed by atoms with Crippen molar-refractivity contribution in [1.82, 2.24) is 4.57 Å². The molecule has 1 amide bonds. The van der Waals surface area contributed by atoms with Gasteiger partial charge in [0.25, 0.3) is 5.91 Å². The van der Waals surface area contributed by atoms with Gasteiger partial charge < -0.3 is 9.88 Å². The van der Waals surface area contributed by atoms with Gasteiger partial charge in [-0.15, -0.1) is 11.3 Å². The molecule has 0 saturated heterocycles. The second-order valence-electron chi connectivity index (χ2n) is 12.2. The lowest BCUT2D eigenvalue weighted by Gasteiger charge is -2.33. The maximum absolute atomic E-state index is 13.8. The smallest absolute Gasteiger partial charge is 0.259 e. The molecule has 2 heterocycles. The molecule has 7 heteroatoms. The summed E-state index contributed by atoms with van der Waals surface area (Å²) in [6, 6.07) is 25.4. The van der Waals surface area contributed by atoms with Crippen LogP contribution in [0.2, 0.25) is 5.02 Å². The lowest BCUT2D eigenvalue weighted by Crippen LogP contribution is -2.27. The van der Waals surface area contributed by atoms with Gasteiger partial charge in [0, 0.05) is 51.0 Å². The molecule has 1 aliphatic rings. The Kier molecular flexibility index (Phi) is 7.96. The molecule has 0 aliphatic heterocycles. The monoisotopic (exact) mass is 604 g/mol. The minimum atomic E-state index is -0.142. The Morgan fingerprint density at radius 1 is 1.12 bits per heavy atom. The molecular weight excluding hydrogens is 572 g/mol. The highest BCUT2D eigenvalue weighted by molar-refractivity contribution is 7.16. The van der Waals surface area contributed by atoms with Crippen molar-refractivity contribution < 1.29 is 4.79 Å². The first-order chi connectivity index (χ1) is 20.7. The third kappa shape index (κ3) is 6.01. The molecule has 0 radical (unpaired) electrons. The van der Waals surface area contributed by atoms with Gasteiger partial charge in [-0.25, -0.2) is 4.99 Å². The van der Waals surface area contributed by atoms with E-state index in [2.05, 4.69) is 55.1 Å². The van der Waals surface area contributed by atoms with Crippen molar-refractivity contribution in [1.29, 1.82) is 5.26 Å². The summed E-state index contributed by atoms with van der Waals surface area (Å²) >= 11 is 7.71. The first kappa shape index (κ1) is 28.9. The van der Waals surface area contributed by atoms with Crippen LogP contribution in [0.25, 0.3) is 10.9 Å². The molecule has 1 atom stereocenters. The number of nitrogens with zero attached hydrogens (tertiary/aromatic N) is 3. The maximum atomic E-state index is 13.8. The molecular formula is C36H33ClN4OS. The highest BCUT2D eigenvalue weighted by Crippen LogP contribution is 2.45. The number of aliphatic imine (C=N–C) groups is 1. The molecule has 5 aromatic rings. The van der Waals surface area contributed by atoms with E-state index in [0.29, 0.717) is 34.3 Å². The number of anilines is 1. The summed E-state index contributed by atoms with van der Waals surface area (Å²) in [5, 5.41) is 15.1. The van der Waals surface area contributed by atoms with E-state index in [0.717, 1.165) is 51.9 Å². The molecule has 0 spiro atoms. The first-order valence-electron chi connectivity index (χ1n) is 14.5. The predicted octanol–water partition coefficient (Wildman–Crippen LogP) is 9.43. The zero-order valence-corrected chi connectivity index (χ0v) is 26.1. The van der Waals surface area contributed by atoms with Crippen molar-refractivity contribution in [3.8, 4) is 6.07 Å². The van der Waals surface area contributed by atoms with Crippen molar-refractivity contribution in [2.45, 2.75) is 46.6 Å². The number of para-hydroxylation sites is 1. The van der Waals surface area contributed by atoms with Gasteiger partial charge in [0.1, 0.15) is 5.00 Å². The minimum Gasteiger partial charge on any atom is -0.342 e. The largest absolute Gasteiger partial charge is 0.342 e. The third-order valence-electron chi connectivity index (χ3n) is 8.42.